The Morgan fingerprint density at radius 2 is 1.86 bits per heavy atom. The fraction of sp³-hybridized carbons (Fsp3) is 0.421. The first-order valence-electron chi connectivity index (χ1n) is 9.16. The van der Waals surface area contributed by atoms with E-state index in [0.29, 0.717) is 18.2 Å². The molecule has 2 heterocycles. The molecule has 0 aliphatic carbocycles. The lowest BCUT2D eigenvalue weighted by molar-refractivity contribution is 0.335. The lowest BCUT2D eigenvalue weighted by Gasteiger charge is -2.19. The van der Waals surface area contributed by atoms with Crippen LogP contribution in [0.2, 0.25) is 0 Å². The summed E-state index contributed by atoms with van der Waals surface area (Å²) in [4.78, 5) is 8.49. The van der Waals surface area contributed by atoms with Crippen molar-refractivity contribution < 1.29 is 13.2 Å². The zero-order chi connectivity index (χ0) is 20.5. The van der Waals surface area contributed by atoms with Crippen LogP contribution in [-0.2, 0) is 9.84 Å². The molecule has 150 valence electrons. The fourth-order valence-electron chi connectivity index (χ4n) is 2.94. The van der Waals surface area contributed by atoms with Gasteiger partial charge in [-0.05, 0) is 25.8 Å². The Balaban J connectivity index is 2.10. The highest BCUT2D eigenvalue weighted by Gasteiger charge is 2.21. The second-order valence-electron chi connectivity index (χ2n) is 6.93. The van der Waals surface area contributed by atoms with E-state index in [9.17, 15) is 8.42 Å². The minimum Gasteiger partial charge on any atom is -0.494 e. The number of anilines is 1. The van der Waals surface area contributed by atoms with Crippen molar-refractivity contribution in [2.24, 2.45) is 0 Å². The minimum atomic E-state index is -3.58. The van der Waals surface area contributed by atoms with Crippen LogP contribution in [-0.4, -0.2) is 40.9 Å². The summed E-state index contributed by atoms with van der Waals surface area (Å²) in [6, 6.07) is 7.51. The van der Waals surface area contributed by atoms with Crippen molar-refractivity contribution in [1.29, 1.82) is 0 Å². The standard InChI is InChI=1S/C19H25N5O3S/c1-6-27-16-10-8-7-9-14(16)13(4)21-18-23-19(28(5,25)26)22-17-15(12(2)3)11-20-24(17)18/h7-13H,6H2,1-5H3,(H,21,22,23)/t13-/m0/s1. The Labute approximate surface area is 164 Å². The van der Waals surface area contributed by atoms with Gasteiger partial charge in [-0.2, -0.15) is 19.6 Å². The molecule has 0 bridgehead atoms. The largest absolute Gasteiger partial charge is 0.494 e. The molecule has 3 aromatic rings. The van der Waals surface area contributed by atoms with Gasteiger partial charge in [-0.15, -0.1) is 0 Å². The third kappa shape index (κ3) is 3.94. The number of para-hydroxylation sites is 1. The van der Waals surface area contributed by atoms with Crippen molar-refractivity contribution in [2.45, 2.75) is 44.8 Å². The van der Waals surface area contributed by atoms with Gasteiger partial charge in [-0.25, -0.2) is 8.42 Å². The number of rotatable bonds is 7. The molecule has 3 rings (SSSR count). The summed E-state index contributed by atoms with van der Waals surface area (Å²) < 4.78 is 31.5. The zero-order valence-corrected chi connectivity index (χ0v) is 17.5. The predicted octanol–water partition coefficient (Wildman–Crippen LogP) is 3.22. The van der Waals surface area contributed by atoms with Gasteiger partial charge < -0.3 is 10.1 Å². The maximum atomic E-state index is 12.1. The number of aromatic nitrogens is 4. The van der Waals surface area contributed by atoms with Crippen molar-refractivity contribution in [3.05, 3.63) is 41.6 Å². The molecule has 0 spiro atoms. The summed E-state index contributed by atoms with van der Waals surface area (Å²) in [7, 11) is -3.58. The number of nitrogens with one attached hydrogen (secondary N) is 1. The summed E-state index contributed by atoms with van der Waals surface area (Å²) in [5.41, 5.74) is 2.28. The highest BCUT2D eigenvalue weighted by atomic mass is 32.2. The number of ether oxygens (including phenoxy) is 1. The topological polar surface area (TPSA) is 98.5 Å². The molecule has 1 atom stereocenters. The van der Waals surface area contributed by atoms with Crippen LogP contribution in [0.15, 0.2) is 35.6 Å². The van der Waals surface area contributed by atoms with Gasteiger partial charge in [0.15, 0.2) is 5.65 Å². The van der Waals surface area contributed by atoms with Crippen molar-refractivity contribution in [3.8, 4) is 5.75 Å². The van der Waals surface area contributed by atoms with Crippen molar-refractivity contribution in [3.63, 3.8) is 0 Å². The van der Waals surface area contributed by atoms with E-state index in [1.165, 1.54) is 0 Å². The van der Waals surface area contributed by atoms with Gasteiger partial charge in [0.1, 0.15) is 5.75 Å². The molecule has 0 radical (unpaired) electrons. The molecule has 2 aromatic heterocycles. The quantitative estimate of drug-likeness (QED) is 0.647. The normalized spacial score (nSPS) is 13.1. The summed E-state index contributed by atoms with van der Waals surface area (Å²) in [5, 5.41) is 7.41. The summed E-state index contributed by atoms with van der Waals surface area (Å²) >= 11 is 0. The third-order valence-corrected chi connectivity index (χ3v) is 5.21. The molecule has 0 amide bonds. The molecule has 1 N–H and O–H groups in total. The second-order valence-corrected chi connectivity index (χ2v) is 8.84. The lowest BCUT2D eigenvalue weighted by Crippen LogP contribution is -2.16. The predicted molar refractivity (Wildman–Crippen MR) is 108 cm³/mol. The van der Waals surface area contributed by atoms with Crippen LogP contribution in [0.4, 0.5) is 5.95 Å². The van der Waals surface area contributed by atoms with Crippen LogP contribution >= 0.6 is 0 Å². The Bertz CT molecular complexity index is 1090. The van der Waals surface area contributed by atoms with Gasteiger partial charge in [0.05, 0.1) is 18.8 Å². The Hall–Kier alpha value is -2.68. The molecule has 28 heavy (non-hydrogen) atoms. The van der Waals surface area contributed by atoms with Crippen LogP contribution < -0.4 is 10.1 Å². The third-order valence-electron chi connectivity index (χ3n) is 4.36. The average molecular weight is 404 g/mol. The molecule has 0 saturated carbocycles. The summed E-state index contributed by atoms with van der Waals surface area (Å²) in [6.07, 6.45) is 2.80. The van der Waals surface area contributed by atoms with Gasteiger partial charge >= 0.3 is 0 Å². The van der Waals surface area contributed by atoms with Crippen LogP contribution in [0.1, 0.15) is 50.8 Å². The maximum Gasteiger partial charge on any atom is 0.252 e. The Morgan fingerprint density at radius 1 is 1.14 bits per heavy atom. The first kappa shape index (κ1) is 20.1. The highest BCUT2D eigenvalue weighted by molar-refractivity contribution is 7.90. The molecule has 0 fully saturated rings. The molecular formula is C19H25N5O3S. The van der Waals surface area contributed by atoms with E-state index in [2.05, 4.69) is 20.4 Å². The van der Waals surface area contributed by atoms with E-state index in [1.54, 1.807) is 10.7 Å². The first-order valence-corrected chi connectivity index (χ1v) is 11.1. The van der Waals surface area contributed by atoms with Gasteiger partial charge in [0.2, 0.25) is 15.8 Å². The van der Waals surface area contributed by atoms with Crippen molar-refractivity contribution >= 4 is 21.4 Å². The van der Waals surface area contributed by atoms with Gasteiger partial charge in [-0.1, -0.05) is 32.0 Å². The van der Waals surface area contributed by atoms with E-state index in [0.717, 1.165) is 23.1 Å². The summed E-state index contributed by atoms with van der Waals surface area (Å²) in [5.74, 6) is 1.22. The summed E-state index contributed by atoms with van der Waals surface area (Å²) in [6.45, 7) is 8.45. The first-order chi connectivity index (χ1) is 13.2. The molecular weight excluding hydrogens is 378 g/mol. The van der Waals surface area contributed by atoms with Crippen LogP contribution in [0.3, 0.4) is 0 Å². The van der Waals surface area contributed by atoms with E-state index in [4.69, 9.17) is 4.74 Å². The van der Waals surface area contributed by atoms with E-state index < -0.39 is 9.84 Å². The zero-order valence-electron chi connectivity index (χ0n) is 16.7. The Morgan fingerprint density at radius 3 is 2.50 bits per heavy atom. The highest BCUT2D eigenvalue weighted by Crippen LogP contribution is 2.28. The molecule has 0 saturated heterocycles. The number of nitrogens with zero attached hydrogens (tertiary/aromatic N) is 4. The molecule has 0 aliphatic rings. The van der Waals surface area contributed by atoms with Crippen LogP contribution in [0.5, 0.6) is 5.75 Å². The number of sulfone groups is 1. The smallest absolute Gasteiger partial charge is 0.252 e. The number of hydrogen-bond donors (Lipinski definition) is 1. The number of fused-ring (bicyclic) bond motifs is 1. The Kier molecular flexibility index (Phi) is 5.55. The van der Waals surface area contributed by atoms with Crippen molar-refractivity contribution in [1.82, 2.24) is 19.6 Å². The SMILES string of the molecule is CCOc1ccccc1[C@H](C)Nc1nc(S(C)(=O)=O)nc2c(C(C)C)cnn12. The number of hydrogen-bond acceptors (Lipinski definition) is 7. The maximum absolute atomic E-state index is 12.1. The van der Waals surface area contributed by atoms with Crippen LogP contribution in [0, 0.1) is 0 Å². The monoisotopic (exact) mass is 403 g/mol. The van der Waals surface area contributed by atoms with E-state index >= 15 is 0 Å². The molecule has 8 nitrogen and oxygen atoms in total. The molecule has 9 heteroatoms. The fourth-order valence-corrected chi connectivity index (χ4v) is 3.44. The van der Waals surface area contributed by atoms with Crippen LogP contribution in [0.25, 0.3) is 5.65 Å². The minimum absolute atomic E-state index is 0.142. The lowest BCUT2D eigenvalue weighted by atomic mass is 10.1. The van der Waals surface area contributed by atoms with Gasteiger partial charge in [0.25, 0.3) is 5.16 Å². The number of benzene rings is 1. The van der Waals surface area contributed by atoms with Crippen molar-refractivity contribution in [2.75, 3.05) is 18.2 Å². The van der Waals surface area contributed by atoms with Gasteiger partial charge in [-0.3, -0.25) is 0 Å². The second kappa shape index (κ2) is 7.75. The average Bonchev–Trinajstić information content (AvgIpc) is 3.06. The van der Waals surface area contributed by atoms with E-state index in [-0.39, 0.29) is 17.1 Å². The molecule has 0 unspecified atom stereocenters. The molecule has 0 aliphatic heterocycles. The van der Waals surface area contributed by atoms with Gasteiger partial charge in [0, 0.05) is 17.4 Å². The van der Waals surface area contributed by atoms with E-state index in [1.807, 2.05) is 52.0 Å². The molecule has 1 aromatic carbocycles.